The Morgan fingerprint density at radius 3 is 2.62 bits per heavy atom. The Morgan fingerprint density at radius 2 is 2.08 bits per heavy atom. The summed E-state index contributed by atoms with van der Waals surface area (Å²) in [7, 11) is 0. The molecule has 0 saturated carbocycles. The molecule has 0 radical (unpaired) electrons. The largest absolute Gasteiger partial charge is 0.494 e. The molecule has 0 aliphatic carbocycles. The van der Waals surface area contributed by atoms with Crippen molar-refractivity contribution in [3.63, 3.8) is 0 Å². The molecule has 0 atom stereocenters. The van der Waals surface area contributed by atoms with E-state index in [2.05, 4.69) is 6.92 Å². The van der Waals surface area contributed by atoms with Crippen LogP contribution in [0.5, 0.6) is 5.75 Å². The van der Waals surface area contributed by atoms with Crippen molar-refractivity contribution in [1.82, 2.24) is 0 Å². The fourth-order valence-corrected chi connectivity index (χ4v) is 1.28. The van der Waals surface area contributed by atoms with Gasteiger partial charge in [0, 0.05) is 0 Å². The molecule has 72 valence electrons. The molecule has 0 saturated heterocycles. The maximum atomic E-state index is 8.94. The van der Waals surface area contributed by atoms with E-state index in [9.17, 15) is 0 Å². The molecule has 0 spiro atoms. The maximum Gasteiger partial charge on any atom is 0.122 e. The predicted octanol–water partition coefficient (Wildman–Crippen LogP) is 2.14. The minimum atomic E-state index is 0.0735. The van der Waals surface area contributed by atoms with Crippen LogP contribution in [-0.4, -0.2) is 11.7 Å². The Bertz CT molecular complexity index is 269. The van der Waals surface area contributed by atoms with Gasteiger partial charge in [-0.05, 0) is 30.5 Å². The van der Waals surface area contributed by atoms with Crippen LogP contribution >= 0.6 is 0 Å². The van der Waals surface area contributed by atoms with E-state index in [0.717, 1.165) is 17.7 Å². The number of aryl methyl sites for hydroxylation is 1. The van der Waals surface area contributed by atoms with Crippen LogP contribution in [0, 0.1) is 0 Å². The standard InChI is InChI=1S/C11H16O2/c1-3-10-6-5-9(8-12)7-11(10)13-4-2/h5-7,12H,3-4,8H2,1-2H3. The van der Waals surface area contributed by atoms with Gasteiger partial charge in [-0.3, -0.25) is 0 Å². The lowest BCUT2D eigenvalue weighted by Crippen LogP contribution is -1.97. The highest BCUT2D eigenvalue weighted by Crippen LogP contribution is 2.21. The van der Waals surface area contributed by atoms with Crippen LogP contribution in [-0.2, 0) is 13.0 Å². The van der Waals surface area contributed by atoms with E-state index in [4.69, 9.17) is 9.84 Å². The van der Waals surface area contributed by atoms with E-state index in [1.165, 1.54) is 5.56 Å². The molecule has 1 N–H and O–H groups in total. The van der Waals surface area contributed by atoms with Crippen molar-refractivity contribution in [1.29, 1.82) is 0 Å². The van der Waals surface area contributed by atoms with Crippen molar-refractivity contribution < 1.29 is 9.84 Å². The van der Waals surface area contributed by atoms with Crippen molar-refractivity contribution in [2.24, 2.45) is 0 Å². The highest BCUT2D eigenvalue weighted by Gasteiger charge is 2.02. The van der Waals surface area contributed by atoms with Crippen molar-refractivity contribution in [3.8, 4) is 5.75 Å². The van der Waals surface area contributed by atoms with Crippen LogP contribution in [0.15, 0.2) is 18.2 Å². The summed E-state index contributed by atoms with van der Waals surface area (Å²) in [5, 5.41) is 8.94. The van der Waals surface area contributed by atoms with Gasteiger partial charge in [-0.2, -0.15) is 0 Å². The van der Waals surface area contributed by atoms with Crippen molar-refractivity contribution in [3.05, 3.63) is 29.3 Å². The summed E-state index contributed by atoms with van der Waals surface area (Å²) in [6.45, 7) is 4.80. The number of rotatable bonds is 4. The molecule has 0 unspecified atom stereocenters. The minimum absolute atomic E-state index is 0.0735. The number of aliphatic hydroxyl groups is 1. The van der Waals surface area contributed by atoms with Gasteiger partial charge < -0.3 is 9.84 Å². The number of hydrogen-bond donors (Lipinski definition) is 1. The summed E-state index contributed by atoms with van der Waals surface area (Å²) < 4.78 is 5.46. The van der Waals surface area contributed by atoms with Gasteiger partial charge >= 0.3 is 0 Å². The van der Waals surface area contributed by atoms with Gasteiger partial charge in [-0.1, -0.05) is 19.1 Å². The van der Waals surface area contributed by atoms with Gasteiger partial charge in [0.15, 0.2) is 0 Å². The molecule has 1 aromatic rings. The number of benzene rings is 1. The molecule has 0 bridgehead atoms. The average molecular weight is 180 g/mol. The number of hydrogen-bond acceptors (Lipinski definition) is 2. The third kappa shape index (κ3) is 2.46. The third-order valence-corrected chi connectivity index (χ3v) is 1.99. The highest BCUT2D eigenvalue weighted by molar-refractivity contribution is 5.37. The third-order valence-electron chi connectivity index (χ3n) is 1.99. The molecule has 0 aliphatic rings. The van der Waals surface area contributed by atoms with E-state index in [-0.39, 0.29) is 6.61 Å². The molecule has 0 amide bonds. The van der Waals surface area contributed by atoms with Crippen LogP contribution in [0.2, 0.25) is 0 Å². The molecule has 0 heterocycles. The molecule has 0 aromatic heterocycles. The van der Waals surface area contributed by atoms with Crippen LogP contribution < -0.4 is 4.74 Å². The highest BCUT2D eigenvalue weighted by atomic mass is 16.5. The summed E-state index contributed by atoms with van der Waals surface area (Å²) in [6.07, 6.45) is 0.959. The second-order valence-electron chi connectivity index (χ2n) is 2.89. The average Bonchev–Trinajstić information content (AvgIpc) is 2.18. The Balaban J connectivity index is 2.95. The summed E-state index contributed by atoms with van der Waals surface area (Å²) in [5.41, 5.74) is 2.10. The lowest BCUT2D eigenvalue weighted by Gasteiger charge is -2.09. The quantitative estimate of drug-likeness (QED) is 0.769. The van der Waals surface area contributed by atoms with Gasteiger partial charge in [-0.25, -0.2) is 0 Å². The minimum Gasteiger partial charge on any atom is -0.494 e. The van der Waals surface area contributed by atoms with Crippen molar-refractivity contribution >= 4 is 0 Å². The van der Waals surface area contributed by atoms with Gasteiger partial charge in [-0.15, -0.1) is 0 Å². The molecule has 2 heteroatoms. The molecule has 13 heavy (non-hydrogen) atoms. The lowest BCUT2D eigenvalue weighted by atomic mass is 10.1. The van der Waals surface area contributed by atoms with Gasteiger partial charge in [0.2, 0.25) is 0 Å². The molecule has 0 aliphatic heterocycles. The smallest absolute Gasteiger partial charge is 0.122 e. The van der Waals surface area contributed by atoms with E-state index < -0.39 is 0 Å². The van der Waals surface area contributed by atoms with Gasteiger partial charge in [0.05, 0.1) is 13.2 Å². The summed E-state index contributed by atoms with van der Waals surface area (Å²) in [4.78, 5) is 0. The summed E-state index contributed by atoms with van der Waals surface area (Å²) in [5.74, 6) is 0.900. The molecule has 0 fully saturated rings. The fraction of sp³-hybridized carbons (Fsp3) is 0.455. The zero-order valence-electron chi connectivity index (χ0n) is 8.21. The SMILES string of the molecule is CCOc1cc(CO)ccc1CC. The predicted molar refractivity (Wildman–Crippen MR) is 52.9 cm³/mol. The van der Waals surface area contributed by atoms with Gasteiger partial charge in [0.25, 0.3) is 0 Å². The molecule has 1 rings (SSSR count). The van der Waals surface area contributed by atoms with Crippen LogP contribution in [0.1, 0.15) is 25.0 Å². The lowest BCUT2D eigenvalue weighted by molar-refractivity contribution is 0.280. The fourth-order valence-electron chi connectivity index (χ4n) is 1.28. The summed E-state index contributed by atoms with van der Waals surface area (Å²) >= 11 is 0. The van der Waals surface area contributed by atoms with E-state index in [1.54, 1.807) is 0 Å². The topological polar surface area (TPSA) is 29.5 Å². The zero-order valence-corrected chi connectivity index (χ0v) is 8.21. The second-order valence-corrected chi connectivity index (χ2v) is 2.89. The number of aliphatic hydroxyl groups excluding tert-OH is 1. The first kappa shape index (κ1) is 10.1. The van der Waals surface area contributed by atoms with Crippen molar-refractivity contribution in [2.45, 2.75) is 26.9 Å². The second kappa shape index (κ2) is 4.87. The Labute approximate surface area is 79.2 Å². The Kier molecular flexibility index (Phi) is 3.77. The Hall–Kier alpha value is -1.02. The van der Waals surface area contributed by atoms with Gasteiger partial charge in [0.1, 0.15) is 5.75 Å². The first-order valence-electron chi connectivity index (χ1n) is 4.67. The number of ether oxygens (including phenoxy) is 1. The van der Waals surface area contributed by atoms with Crippen molar-refractivity contribution in [2.75, 3.05) is 6.61 Å². The van der Waals surface area contributed by atoms with Crippen LogP contribution in [0.25, 0.3) is 0 Å². The Morgan fingerprint density at radius 1 is 1.31 bits per heavy atom. The van der Waals surface area contributed by atoms with Crippen LogP contribution in [0.3, 0.4) is 0 Å². The molecular weight excluding hydrogens is 164 g/mol. The zero-order chi connectivity index (χ0) is 9.68. The van der Waals surface area contributed by atoms with E-state index >= 15 is 0 Å². The molecular formula is C11H16O2. The first-order chi connectivity index (χ1) is 6.31. The monoisotopic (exact) mass is 180 g/mol. The normalized spacial score (nSPS) is 10.1. The molecule has 1 aromatic carbocycles. The van der Waals surface area contributed by atoms with E-state index in [1.807, 2.05) is 25.1 Å². The first-order valence-corrected chi connectivity index (χ1v) is 4.67. The maximum absolute atomic E-state index is 8.94. The molecule has 2 nitrogen and oxygen atoms in total. The van der Waals surface area contributed by atoms with E-state index in [0.29, 0.717) is 6.61 Å². The van der Waals surface area contributed by atoms with Crippen LogP contribution in [0.4, 0.5) is 0 Å². The summed E-state index contributed by atoms with van der Waals surface area (Å²) in [6, 6.07) is 5.85.